The van der Waals surface area contributed by atoms with E-state index >= 15 is 0 Å². The van der Waals surface area contributed by atoms with E-state index in [4.69, 9.17) is 10.5 Å². The minimum Gasteiger partial charge on any atom is -0.384 e. The van der Waals surface area contributed by atoms with Crippen molar-refractivity contribution in [3.63, 3.8) is 0 Å². The molecule has 1 heterocycles. The van der Waals surface area contributed by atoms with Crippen LogP contribution in [0.15, 0.2) is 6.07 Å². The van der Waals surface area contributed by atoms with E-state index in [2.05, 4.69) is 15.3 Å². The Bertz CT molecular complexity index is 338. The van der Waals surface area contributed by atoms with E-state index in [0.717, 1.165) is 18.2 Å². The molecule has 15 heavy (non-hydrogen) atoms. The van der Waals surface area contributed by atoms with Gasteiger partial charge in [-0.15, -0.1) is 0 Å². The van der Waals surface area contributed by atoms with Gasteiger partial charge in [-0.2, -0.15) is 0 Å². The van der Waals surface area contributed by atoms with Gasteiger partial charge in [0.2, 0.25) is 0 Å². The maximum Gasteiger partial charge on any atom is 0.136 e. The highest BCUT2D eigenvalue weighted by Crippen LogP contribution is 2.38. The van der Waals surface area contributed by atoms with Crippen molar-refractivity contribution in [2.45, 2.75) is 18.8 Å². The zero-order valence-corrected chi connectivity index (χ0v) is 8.86. The number of hydrogen-bond donors (Lipinski definition) is 2. The quantitative estimate of drug-likeness (QED) is 0.706. The first-order chi connectivity index (χ1) is 7.29. The Kier molecular flexibility index (Phi) is 3.01. The Morgan fingerprint density at radius 3 is 3.00 bits per heavy atom. The highest BCUT2D eigenvalue weighted by Gasteiger charge is 2.27. The van der Waals surface area contributed by atoms with Crippen LogP contribution in [0.4, 0.5) is 11.6 Å². The molecule has 1 aromatic rings. The number of hydrogen-bond acceptors (Lipinski definition) is 5. The van der Waals surface area contributed by atoms with Gasteiger partial charge in [-0.05, 0) is 12.8 Å². The van der Waals surface area contributed by atoms with Gasteiger partial charge in [-0.3, -0.25) is 0 Å². The predicted molar refractivity (Wildman–Crippen MR) is 58.8 cm³/mol. The molecule has 1 aromatic heterocycles. The molecule has 0 unspecified atom stereocenters. The Balaban J connectivity index is 2.02. The number of ether oxygens (including phenoxy) is 1. The molecule has 1 fully saturated rings. The molecule has 0 amide bonds. The molecule has 5 heteroatoms. The molecule has 82 valence electrons. The number of nitrogens with zero attached hydrogens (tertiary/aromatic N) is 2. The summed E-state index contributed by atoms with van der Waals surface area (Å²) in [6.07, 6.45) is 2.36. The molecule has 1 aliphatic carbocycles. The van der Waals surface area contributed by atoms with E-state index < -0.39 is 0 Å². The summed E-state index contributed by atoms with van der Waals surface area (Å²) in [6, 6.07) is 1.75. The molecule has 0 spiro atoms. The lowest BCUT2D eigenvalue weighted by molar-refractivity contribution is 0.210. The van der Waals surface area contributed by atoms with Crippen LogP contribution >= 0.6 is 0 Å². The number of nitrogen functional groups attached to an aromatic ring is 1. The number of anilines is 2. The Labute approximate surface area is 89.1 Å². The fourth-order valence-corrected chi connectivity index (χ4v) is 1.38. The molecular weight excluding hydrogens is 192 g/mol. The first kappa shape index (κ1) is 10.2. The lowest BCUT2D eigenvalue weighted by atomic mass is 10.4. The van der Waals surface area contributed by atoms with Crippen LogP contribution in [0.3, 0.4) is 0 Å². The maximum atomic E-state index is 5.71. The van der Waals surface area contributed by atoms with Crippen molar-refractivity contribution in [3.05, 3.63) is 11.9 Å². The molecule has 2 rings (SSSR count). The molecular formula is C10H16N4O. The smallest absolute Gasteiger partial charge is 0.136 e. The fourth-order valence-electron chi connectivity index (χ4n) is 1.38. The van der Waals surface area contributed by atoms with Crippen LogP contribution in [0.25, 0.3) is 0 Å². The lowest BCUT2D eigenvalue weighted by Gasteiger charge is -2.07. The van der Waals surface area contributed by atoms with E-state index in [1.54, 1.807) is 13.2 Å². The number of rotatable bonds is 5. The van der Waals surface area contributed by atoms with E-state index in [0.29, 0.717) is 18.3 Å². The topological polar surface area (TPSA) is 73.1 Å². The van der Waals surface area contributed by atoms with E-state index in [1.807, 2.05) is 0 Å². The zero-order chi connectivity index (χ0) is 10.7. The van der Waals surface area contributed by atoms with Crippen molar-refractivity contribution >= 4 is 11.6 Å². The first-order valence-corrected chi connectivity index (χ1v) is 5.17. The van der Waals surface area contributed by atoms with E-state index in [1.165, 1.54) is 12.8 Å². The second-order valence-electron chi connectivity index (χ2n) is 3.73. The van der Waals surface area contributed by atoms with Gasteiger partial charge in [0.05, 0.1) is 6.61 Å². The van der Waals surface area contributed by atoms with Crippen molar-refractivity contribution < 1.29 is 4.74 Å². The number of methoxy groups -OCH3 is 1. The van der Waals surface area contributed by atoms with Gasteiger partial charge in [-0.1, -0.05) is 0 Å². The summed E-state index contributed by atoms with van der Waals surface area (Å²) in [4.78, 5) is 8.63. The third-order valence-electron chi connectivity index (χ3n) is 2.32. The largest absolute Gasteiger partial charge is 0.384 e. The third-order valence-corrected chi connectivity index (χ3v) is 2.32. The van der Waals surface area contributed by atoms with Crippen molar-refractivity contribution in [2.75, 3.05) is 31.3 Å². The molecule has 0 atom stereocenters. The summed E-state index contributed by atoms with van der Waals surface area (Å²) in [5, 5.41) is 3.15. The standard InChI is InChI=1S/C10H16N4O/c1-15-5-4-12-9-6-8(11)13-10(14-9)7-2-3-7/h6-7H,2-5H2,1H3,(H3,11,12,13,14). The summed E-state index contributed by atoms with van der Waals surface area (Å²) in [5.74, 6) is 2.72. The number of nitrogens with one attached hydrogen (secondary N) is 1. The average Bonchev–Trinajstić information content (AvgIpc) is 3.00. The summed E-state index contributed by atoms with van der Waals surface area (Å²) in [5.41, 5.74) is 5.71. The van der Waals surface area contributed by atoms with Crippen LogP contribution in [0.5, 0.6) is 0 Å². The van der Waals surface area contributed by atoms with E-state index in [-0.39, 0.29) is 0 Å². The fraction of sp³-hybridized carbons (Fsp3) is 0.600. The zero-order valence-electron chi connectivity index (χ0n) is 8.86. The van der Waals surface area contributed by atoms with Gasteiger partial charge in [0, 0.05) is 25.6 Å². The summed E-state index contributed by atoms with van der Waals surface area (Å²) in [7, 11) is 1.67. The summed E-state index contributed by atoms with van der Waals surface area (Å²) in [6.45, 7) is 1.39. The minimum atomic E-state index is 0.525. The van der Waals surface area contributed by atoms with Crippen molar-refractivity contribution in [3.8, 4) is 0 Å². The summed E-state index contributed by atoms with van der Waals surface area (Å²) < 4.78 is 4.95. The molecule has 0 aliphatic heterocycles. The molecule has 5 nitrogen and oxygen atoms in total. The lowest BCUT2D eigenvalue weighted by Crippen LogP contribution is -2.10. The second-order valence-corrected chi connectivity index (χ2v) is 3.73. The molecule has 0 saturated heterocycles. The second kappa shape index (κ2) is 4.44. The molecule has 0 aromatic carbocycles. The maximum absolute atomic E-state index is 5.71. The van der Waals surface area contributed by atoms with Gasteiger partial charge in [-0.25, -0.2) is 9.97 Å². The third kappa shape index (κ3) is 2.79. The van der Waals surface area contributed by atoms with Crippen LogP contribution in [-0.2, 0) is 4.74 Å². The predicted octanol–water partition coefficient (Wildman–Crippen LogP) is 0.995. The van der Waals surface area contributed by atoms with Gasteiger partial charge in [0.1, 0.15) is 17.5 Å². The number of nitrogens with two attached hydrogens (primary N) is 1. The number of aromatic nitrogens is 2. The van der Waals surface area contributed by atoms with Crippen LogP contribution in [0.1, 0.15) is 24.6 Å². The average molecular weight is 208 g/mol. The van der Waals surface area contributed by atoms with Crippen molar-refractivity contribution in [1.29, 1.82) is 0 Å². The van der Waals surface area contributed by atoms with Crippen molar-refractivity contribution in [2.24, 2.45) is 0 Å². The Morgan fingerprint density at radius 1 is 1.53 bits per heavy atom. The first-order valence-electron chi connectivity index (χ1n) is 5.17. The molecule has 1 saturated carbocycles. The minimum absolute atomic E-state index is 0.525. The normalized spacial score (nSPS) is 15.3. The summed E-state index contributed by atoms with van der Waals surface area (Å²) >= 11 is 0. The van der Waals surface area contributed by atoms with Gasteiger partial charge in [0.25, 0.3) is 0 Å². The monoisotopic (exact) mass is 208 g/mol. The Morgan fingerprint density at radius 2 is 2.33 bits per heavy atom. The van der Waals surface area contributed by atoms with Gasteiger partial charge in [0.15, 0.2) is 0 Å². The highest BCUT2D eigenvalue weighted by molar-refractivity contribution is 5.45. The van der Waals surface area contributed by atoms with E-state index in [9.17, 15) is 0 Å². The van der Waals surface area contributed by atoms with Gasteiger partial charge < -0.3 is 15.8 Å². The molecule has 1 aliphatic rings. The highest BCUT2D eigenvalue weighted by atomic mass is 16.5. The molecule has 0 radical (unpaired) electrons. The molecule has 3 N–H and O–H groups in total. The molecule has 0 bridgehead atoms. The van der Waals surface area contributed by atoms with Crippen LogP contribution < -0.4 is 11.1 Å². The van der Waals surface area contributed by atoms with Gasteiger partial charge >= 0.3 is 0 Å². The van der Waals surface area contributed by atoms with Crippen LogP contribution in [0, 0.1) is 0 Å². The SMILES string of the molecule is COCCNc1cc(N)nc(C2CC2)n1. The van der Waals surface area contributed by atoms with Crippen LogP contribution in [0.2, 0.25) is 0 Å². The Hall–Kier alpha value is -1.36. The van der Waals surface area contributed by atoms with Crippen LogP contribution in [-0.4, -0.2) is 30.2 Å². The van der Waals surface area contributed by atoms with Crippen molar-refractivity contribution in [1.82, 2.24) is 9.97 Å².